The first-order valence-corrected chi connectivity index (χ1v) is 4.53. The molecule has 0 bridgehead atoms. The molecule has 0 spiro atoms. The normalized spacial score (nSPS) is 10.1. The summed E-state index contributed by atoms with van der Waals surface area (Å²) in [7, 11) is 0. The van der Waals surface area contributed by atoms with Crippen molar-refractivity contribution in [1.29, 1.82) is 0 Å². The largest absolute Gasteiger partial charge is 0.256 e. The molecule has 2 nitrogen and oxygen atoms in total. The Morgan fingerprint density at radius 1 is 0.800 bits per heavy atom. The van der Waals surface area contributed by atoms with Gasteiger partial charge in [-0.05, 0) is 24.3 Å². The summed E-state index contributed by atoms with van der Waals surface area (Å²) < 4.78 is 0. The quantitative estimate of drug-likeness (QED) is 0.569. The second-order valence-electron chi connectivity index (χ2n) is 3.21. The van der Waals surface area contributed by atoms with Gasteiger partial charge in [0.25, 0.3) is 0 Å². The zero-order valence-electron chi connectivity index (χ0n) is 7.87. The molecule has 0 fully saturated rings. The van der Waals surface area contributed by atoms with Gasteiger partial charge in [-0.1, -0.05) is 12.1 Å². The van der Waals surface area contributed by atoms with E-state index in [1.807, 2.05) is 24.4 Å². The summed E-state index contributed by atoms with van der Waals surface area (Å²) in [6, 6.07) is 12.1. The van der Waals surface area contributed by atoms with Gasteiger partial charge in [-0.2, -0.15) is 0 Å². The summed E-state index contributed by atoms with van der Waals surface area (Å²) >= 11 is 0. The molecule has 2 heterocycles. The van der Waals surface area contributed by atoms with Gasteiger partial charge in [0.05, 0.1) is 11.0 Å². The maximum Gasteiger partial charge on any atom is 0.0795 e. The summed E-state index contributed by atoms with van der Waals surface area (Å²) in [5.41, 5.74) is 2.02. The third kappa shape index (κ3) is 1.64. The molecule has 0 saturated heterocycles. The first-order valence-electron chi connectivity index (χ1n) is 4.53. The van der Waals surface area contributed by atoms with Crippen LogP contribution >= 0.6 is 0 Å². The minimum Gasteiger partial charge on any atom is -0.256 e. The van der Waals surface area contributed by atoms with Gasteiger partial charge in [0.2, 0.25) is 0 Å². The van der Waals surface area contributed by atoms with Gasteiger partial charge < -0.3 is 0 Å². The fourth-order valence-electron chi connectivity index (χ4n) is 1.70. The van der Waals surface area contributed by atoms with Gasteiger partial charge in [0.15, 0.2) is 0 Å². The van der Waals surface area contributed by atoms with E-state index in [1.165, 1.54) is 0 Å². The molecular formula is C12H8N2Os. The monoisotopic (exact) mass is 372 g/mol. The van der Waals surface area contributed by atoms with Crippen LogP contribution in [0.15, 0.2) is 48.8 Å². The average Bonchev–Trinajstić information content (AvgIpc) is 2.29. The van der Waals surface area contributed by atoms with E-state index >= 15 is 0 Å². The smallest absolute Gasteiger partial charge is 0.0795 e. The third-order valence-electron chi connectivity index (χ3n) is 2.35. The number of rotatable bonds is 0. The zero-order chi connectivity index (χ0) is 9.38. The Hall–Kier alpha value is -1.32. The van der Waals surface area contributed by atoms with Crippen molar-refractivity contribution in [2.75, 3.05) is 0 Å². The number of benzene rings is 1. The number of fused-ring (bicyclic) bond motifs is 3. The SMILES string of the molecule is [Os].c1cnc2c(c1)ccc1ncccc12. The molecule has 0 aliphatic rings. The van der Waals surface area contributed by atoms with Crippen LogP contribution in [-0.2, 0) is 19.8 Å². The van der Waals surface area contributed by atoms with Gasteiger partial charge >= 0.3 is 0 Å². The van der Waals surface area contributed by atoms with Crippen molar-refractivity contribution in [3.05, 3.63) is 48.8 Å². The fraction of sp³-hybridized carbons (Fsp3) is 0. The number of hydrogen-bond acceptors (Lipinski definition) is 2. The van der Waals surface area contributed by atoms with Gasteiger partial charge in [0.1, 0.15) is 0 Å². The van der Waals surface area contributed by atoms with Crippen LogP contribution in [0.1, 0.15) is 0 Å². The molecule has 1 aromatic carbocycles. The van der Waals surface area contributed by atoms with E-state index in [9.17, 15) is 0 Å². The Bertz CT molecular complexity index is 553. The first-order chi connectivity index (χ1) is 6.95. The van der Waals surface area contributed by atoms with Gasteiger partial charge in [-0.15, -0.1) is 0 Å². The van der Waals surface area contributed by atoms with Crippen LogP contribution in [0, 0.1) is 0 Å². The van der Waals surface area contributed by atoms with Gasteiger partial charge in [-0.25, -0.2) is 0 Å². The molecule has 2 aromatic heterocycles. The first kappa shape index (κ1) is 10.2. The molecule has 0 saturated carbocycles. The summed E-state index contributed by atoms with van der Waals surface area (Å²) in [4.78, 5) is 8.66. The maximum atomic E-state index is 4.37. The van der Waals surface area contributed by atoms with Crippen LogP contribution in [0.25, 0.3) is 21.8 Å². The van der Waals surface area contributed by atoms with E-state index in [0.29, 0.717) is 0 Å². The summed E-state index contributed by atoms with van der Waals surface area (Å²) in [5.74, 6) is 0. The van der Waals surface area contributed by atoms with Crippen molar-refractivity contribution in [2.45, 2.75) is 0 Å². The van der Waals surface area contributed by atoms with Gasteiger partial charge in [-0.3, -0.25) is 9.97 Å². The topological polar surface area (TPSA) is 25.8 Å². The standard InChI is InChI=1S/C12H8N2.Os/c1-3-9-5-6-11-10(4-2-7-13-11)12(9)14-8-1;/h1-8H;. The Morgan fingerprint density at radius 2 is 1.60 bits per heavy atom. The Morgan fingerprint density at radius 3 is 2.53 bits per heavy atom. The van der Waals surface area contributed by atoms with Gasteiger partial charge in [0, 0.05) is 43.0 Å². The summed E-state index contributed by atoms with van der Waals surface area (Å²) in [6.07, 6.45) is 3.62. The minimum absolute atomic E-state index is 0. The molecule has 15 heavy (non-hydrogen) atoms. The van der Waals surface area contributed by atoms with E-state index in [1.54, 1.807) is 6.20 Å². The van der Waals surface area contributed by atoms with E-state index in [4.69, 9.17) is 0 Å². The molecule has 3 aromatic rings. The van der Waals surface area contributed by atoms with Crippen molar-refractivity contribution in [1.82, 2.24) is 9.97 Å². The van der Waals surface area contributed by atoms with Crippen molar-refractivity contribution in [3.63, 3.8) is 0 Å². The predicted octanol–water partition coefficient (Wildman–Crippen LogP) is 2.78. The molecule has 74 valence electrons. The number of pyridine rings is 2. The van der Waals surface area contributed by atoms with E-state index < -0.39 is 0 Å². The minimum atomic E-state index is 0. The van der Waals surface area contributed by atoms with E-state index in [2.05, 4.69) is 28.2 Å². The van der Waals surface area contributed by atoms with Crippen molar-refractivity contribution >= 4 is 21.8 Å². The van der Waals surface area contributed by atoms with Crippen LogP contribution < -0.4 is 0 Å². The fourth-order valence-corrected chi connectivity index (χ4v) is 1.70. The molecule has 0 amide bonds. The second kappa shape index (κ2) is 4.04. The second-order valence-corrected chi connectivity index (χ2v) is 3.21. The Kier molecular flexibility index (Phi) is 2.75. The van der Waals surface area contributed by atoms with Crippen LogP contribution in [-0.4, -0.2) is 9.97 Å². The molecule has 0 radical (unpaired) electrons. The van der Waals surface area contributed by atoms with Crippen LogP contribution in [0.5, 0.6) is 0 Å². The Balaban J connectivity index is 0.000000853. The van der Waals surface area contributed by atoms with Crippen molar-refractivity contribution in [3.8, 4) is 0 Å². The van der Waals surface area contributed by atoms with Crippen LogP contribution in [0.2, 0.25) is 0 Å². The molecule has 0 aliphatic carbocycles. The number of aromatic nitrogens is 2. The van der Waals surface area contributed by atoms with Crippen molar-refractivity contribution in [2.24, 2.45) is 0 Å². The Labute approximate surface area is 100 Å². The summed E-state index contributed by atoms with van der Waals surface area (Å²) in [6.45, 7) is 0. The zero-order valence-corrected chi connectivity index (χ0v) is 10.4. The van der Waals surface area contributed by atoms with E-state index in [-0.39, 0.29) is 19.8 Å². The predicted molar refractivity (Wildman–Crippen MR) is 57.0 cm³/mol. The number of hydrogen-bond donors (Lipinski definition) is 0. The molecule has 3 heteroatoms. The molecule has 3 rings (SSSR count). The molecule has 0 unspecified atom stereocenters. The van der Waals surface area contributed by atoms with Crippen LogP contribution in [0.3, 0.4) is 0 Å². The van der Waals surface area contributed by atoms with Crippen LogP contribution in [0.4, 0.5) is 0 Å². The third-order valence-corrected chi connectivity index (χ3v) is 2.35. The summed E-state index contributed by atoms with van der Waals surface area (Å²) in [5, 5.41) is 2.28. The molecule has 0 aliphatic heterocycles. The molecular weight excluding hydrogens is 362 g/mol. The van der Waals surface area contributed by atoms with E-state index in [0.717, 1.165) is 21.8 Å². The maximum absolute atomic E-state index is 4.37. The number of nitrogens with zero attached hydrogens (tertiary/aromatic N) is 2. The molecule has 0 atom stereocenters. The molecule has 0 N–H and O–H groups in total. The average molecular weight is 370 g/mol. The van der Waals surface area contributed by atoms with Crippen molar-refractivity contribution < 1.29 is 19.8 Å².